The molecule has 4 nitrogen and oxygen atoms in total. The van der Waals surface area contributed by atoms with E-state index in [2.05, 4.69) is 11.4 Å². The molecule has 0 fully saturated rings. The normalized spacial score (nSPS) is 11.7. The maximum absolute atomic E-state index is 13.2. The first-order chi connectivity index (χ1) is 14.4. The summed E-state index contributed by atoms with van der Waals surface area (Å²) in [6.45, 7) is 7.05. The molecular formula is C24H31ClN2O2S. The third-order valence-corrected chi connectivity index (χ3v) is 6.02. The Balaban J connectivity index is 2.10. The zero-order valence-electron chi connectivity index (χ0n) is 18.0. The summed E-state index contributed by atoms with van der Waals surface area (Å²) in [5.41, 5.74) is 3.29. The molecule has 0 aliphatic carbocycles. The molecule has 2 amide bonds. The van der Waals surface area contributed by atoms with Crippen LogP contribution in [0.5, 0.6) is 0 Å². The summed E-state index contributed by atoms with van der Waals surface area (Å²) in [4.78, 5) is 27.6. The molecule has 2 rings (SSSR count). The van der Waals surface area contributed by atoms with Crippen molar-refractivity contribution in [3.05, 3.63) is 70.2 Å². The summed E-state index contributed by atoms with van der Waals surface area (Å²) in [6, 6.07) is 15.3. The van der Waals surface area contributed by atoms with Crippen molar-refractivity contribution < 1.29 is 9.59 Å². The van der Waals surface area contributed by atoms with Crippen molar-refractivity contribution >= 4 is 35.2 Å². The average Bonchev–Trinajstić information content (AvgIpc) is 2.73. The molecule has 0 aliphatic rings. The van der Waals surface area contributed by atoms with Crippen molar-refractivity contribution in [3.63, 3.8) is 0 Å². The lowest BCUT2D eigenvalue weighted by molar-refractivity contribution is -0.139. The standard InChI is InChI=1S/C24H31ClN2O2S/c1-4-13-26-24(29)22(5-2)27(15-20-8-6-7-18(3)14-20)23(28)17-30-16-19-9-11-21(25)12-10-19/h6-12,14,22H,4-5,13,15-17H2,1-3H3,(H,26,29). The highest BCUT2D eigenvalue weighted by Gasteiger charge is 2.28. The fourth-order valence-electron chi connectivity index (χ4n) is 3.21. The molecule has 6 heteroatoms. The minimum Gasteiger partial charge on any atom is -0.354 e. The van der Waals surface area contributed by atoms with E-state index in [1.54, 1.807) is 16.7 Å². The number of benzene rings is 2. The van der Waals surface area contributed by atoms with Gasteiger partial charge in [-0.05, 0) is 43.0 Å². The van der Waals surface area contributed by atoms with Gasteiger partial charge in [0, 0.05) is 23.9 Å². The lowest BCUT2D eigenvalue weighted by Gasteiger charge is -2.30. The number of rotatable bonds is 11. The lowest BCUT2D eigenvalue weighted by atomic mass is 10.1. The van der Waals surface area contributed by atoms with E-state index in [4.69, 9.17) is 11.6 Å². The summed E-state index contributed by atoms with van der Waals surface area (Å²) in [6.07, 6.45) is 1.44. The Morgan fingerprint density at radius 3 is 2.47 bits per heavy atom. The largest absolute Gasteiger partial charge is 0.354 e. The molecule has 0 spiro atoms. The molecule has 30 heavy (non-hydrogen) atoms. The van der Waals surface area contributed by atoms with Crippen LogP contribution in [-0.4, -0.2) is 35.1 Å². The van der Waals surface area contributed by atoms with Gasteiger partial charge in [0.05, 0.1) is 5.75 Å². The predicted octanol–water partition coefficient (Wildman–Crippen LogP) is 5.22. The number of hydrogen-bond donors (Lipinski definition) is 1. The number of carbonyl (C=O) groups is 2. The number of nitrogens with one attached hydrogen (secondary N) is 1. The van der Waals surface area contributed by atoms with Crippen molar-refractivity contribution in [2.45, 2.75) is 52.0 Å². The van der Waals surface area contributed by atoms with Crippen molar-refractivity contribution in [2.24, 2.45) is 0 Å². The van der Waals surface area contributed by atoms with Gasteiger partial charge in [-0.15, -0.1) is 11.8 Å². The van der Waals surface area contributed by atoms with E-state index >= 15 is 0 Å². The SMILES string of the molecule is CCCNC(=O)C(CC)N(Cc1cccc(C)c1)C(=O)CSCc1ccc(Cl)cc1. The Hall–Kier alpha value is -1.98. The molecule has 0 heterocycles. The summed E-state index contributed by atoms with van der Waals surface area (Å²) >= 11 is 7.49. The first-order valence-electron chi connectivity index (χ1n) is 10.4. The zero-order chi connectivity index (χ0) is 21.9. The molecule has 0 saturated carbocycles. The number of halogens is 1. The first-order valence-corrected chi connectivity index (χ1v) is 11.9. The van der Waals surface area contributed by atoms with E-state index in [0.29, 0.717) is 30.3 Å². The lowest BCUT2D eigenvalue weighted by Crippen LogP contribution is -2.49. The monoisotopic (exact) mass is 446 g/mol. The number of thioether (sulfide) groups is 1. The molecule has 2 aromatic carbocycles. The number of aryl methyl sites for hydroxylation is 1. The van der Waals surface area contributed by atoms with Gasteiger partial charge < -0.3 is 10.2 Å². The minimum atomic E-state index is -0.472. The second kappa shape index (κ2) is 12.7. The van der Waals surface area contributed by atoms with E-state index in [1.807, 2.05) is 63.2 Å². The fraction of sp³-hybridized carbons (Fsp3) is 0.417. The minimum absolute atomic E-state index is 0.0195. The van der Waals surface area contributed by atoms with Crippen LogP contribution in [-0.2, 0) is 21.9 Å². The van der Waals surface area contributed by atoms with Crippen LogP contribution < -0.4 is 5.32 Å². The molecule has 2 aromatic rings. The highest BCUT2D eigenvalue weighted by atomic mass is 35.5. The molecule has 1 unspecified atom stereocenters. The smallest absolute Gasteiger partial charge is 0.242 e. The van der Waals surface area contributed by atoms with Crippen molar-refractivity contribution in [2.75, 3.05) is 12.3 Å². The van der Waals surface area contributed by atoms with E-state index < -0.39 is 6.04 Å². The van der Waals surface area contributed by atoms with Crippen LogP contribution in [0.25, 0.3) is 0 Å². The maximum Gasteiger partial charge on any atom is 0.242 e. The molecule has 1 N–H and O–H groups in total. The molecule has 0 aromatic heterocycles. The highest BCUT2D eigenvalue weighted by Crippen LogP contribution is 2.19. The van der Waals surface area contributed by atoms with Crippen molar-refractivity contribution in [3.8, 4) is 0 Å². The van der Waals surface area contributed by atoms with Crippen LogP contribution in [0.4, 0.5) is 0 Å². The molecule has 1 atom stereocenters. The Labute approximate surface area is 189 Å². The Morgan fingerprint density at radius 1 is 1.10 bits per heavy atom. The number of nitrogens with zero attached hydrogens (tertiary/aromatic N) is 1. The van der Waals surface area contributed by atoms with Gasteiger partial charge in [-0.25, -0.2) is 0 Å². The number of carbonyl (C=O) groups excluding carboxylic acids is 2. The Bertz CT molecular complexity index is 826. The topological polar surface area (TPSA) is 49.4 Å². The van der Waals surface area contributed by atoms with Crippen LogP contribution >= 0.6 is 23.4 Å². The maximum atomic E-state index is 13.2. The van der Waals surface area contributed by atoms with Crippen LogP contribution in [0.3, 0.4) is 0 Å². The van der Waals surface area contributed by atoms with Crippen LogP contribution in [0.1, 0.15) is 43.4 Å². The van der Waals surface area contributed by atoms with Crippen molar-refractivity contribution in [1.29, 1.82) is 0 Å². The number of amides is 2. The third kappa shape index (κ3) is 7.69. The van der Waals surface area contributed by atoms with E-state index in [0.717, 1.165) is 28.9 Å². The van der Waals surface area contributed by atoms with E-state index in [-0.39, 0.29) is 11.8 Å². The van der Waals surface area contributed by atoms with Gasteiger partial charge in [-0.3, -0.25) is 9.59 Å². The van der Waals surface area contributed by atoms with Gasteiger partial charge in [-0.2, -0.15) is 0 Å². The molecular weight excluding hydrogens is 416 g/mol. The molecule has 162 valence electrons. The molecule has 0 saturated heterocycles. The third-order valence-electron chi connectivity index (χ3n) is 4.78. The Kier molecular flexibility index (Phi) is 10.2. The average molecular weight is 447 g/mol. The second-order valence-electron chi connectivity index (χ2n) is 7.35. The summed E-state index contributed by atoms with van der Waals surface area (Å²) in [7, 11) is 0. The van der Waals surface area contributed by atoms with Gasteiger partial charge in [-0.1, -0.05) is 67.4 Å². The summed E-state index contributed by atoms with van der Waals surface area (Å²) in [5.74, 6) is 0.948. The van der Waals surface area contributed by atoms with E-state index in [1.165, 1.54) is 0 Å². The first kappa shape index (κ1) is 24.3. The van der Waals surface area contributed by atoms with Crippen LogP contribution in [0, 0.1) is 6.92 Å². The summed E-state index contributed by atoms with van der Waals surface area (Å²) < 4.78 is 0. The van der Waals surface area contributed by atoms with Gasteiger partial charge in [0.2, 0.25) is 11.8 Å². The van der Waals surface area contributed by atoms with Gasteiger partial charge in [0.15, 0.2) is 0 Å². The van der Waals surface area contributed by atoms with Gasteiger partial charge in [0.25, 0.3) is 0 Å². The van der Waals surface area contributed by atoms with Crippen LogP contribution in [0.2, 0.25) is 5.02 Å². The molecule has 0 aliphatic heterocycles. The van der Waals surface area contributed by atoms with Gasteiger partial charge >= 0.3 is 0 Å². The molecule has 0 radical (unpaired) electrons. The van der Waals surface area contributed by atoms with E-state index in [9.17, 15) is 9.59 Å². The zero-order valence-corrected chi connectivity index (χ0v) is 19.6. The highest BCUT2D eigenvalue weighted by molar-refractivity contribution is 7.99. The number of hydrogen-bond acceptors (Lipinski definition) is 3. The fourth-order valence-corrected chi connectivity index (χ4v) is 4.21. The van der Waals surface area contributed by atoms with Gasteiger partial charge in [0.1, 0.15) is 6.04 Å². The second-order valence-corrected chi connectivity index (χ2v) is 8.77. The van der Waals surface area contributed by atoms with Crippen LogP contribution in [0.15, 0.2) is 48.5 Å². The Morgan fingerprint density at radius 2 is 1.83 bits per heavy atom. The summed E-state index contributed by atoms with van der Waals surface area (Å²) in [5, 5.41) is 3.65. The molecule has 0 bridgehead atoms. The van der Waals surface area contributed by atoms with Crippen molar-refractivity contribution in [1.82, 2.24) is 10.2 Å². The quantitative estimate of drug-likeness (QED) is 0.515. The predicted molar refractivity (Wildman–Crippen MR) is 127 cm³/mol.